The fourth-order valence-electron chi connectivity index (χ4n) is 4.19. The lowest BCUT2D eigenvalue weighted by molar-refractivity contribution is -0.135. The van der Waals surface area contributed by atoms with E-state index in [1.165, 1.54) is 0 Å². The maximum atomic E-state index is 12.5. The number of nitrogens with zero attached hydrogens (tertiary/aromatic N) is 4. The summed E-state index contributed by atoms with van der Waals surface area (Å²) in [6.07, 6.45) is 4.59. The molecular formula is C21H32N4O2. The molecule has 0 unspecified atom stereocenters. The van der Waals surface area contributed by atoms with Gasteiger partial charge in [0.05, 0.1) is 6.42 Å². The molecule has 1 aromatic heterocycles. The molecule has 6 heteroatoms. The van der Waals surface area contributed by atoms with E-state index in [9.17, 15) is 9.59 Å². The lowest BCUT2D eigenvalue weighted by Crippen LogP contribution is -2.41. The number of aromatic nitrogens is 2. The van der Waals surface area contributed by atoms with E-state index < -0.39 is 0 Å². The number of amides is 2. The molecule has 0 spiro atoms. The molecular weight excluding hydrogens is 340 g/mol. The molecule has 2 aliphatic rings. The summed E-state index contributed by atoms with van der Waals surface area (Å²) in [5.41, 5.74) is 2.76. The first-order valence-corrected chi connectivity index (χ1v) is 10.3. The summed E-state index contributed by atoms with van der Waals surface area (Å²) in [5, 5.41) is 0. The molecule has 2 fully saturated rings. The summed E-state index contributed by atoms with van der Waals surface area (Å²) in [7, 11) is 0. The Hall–Kier alpha value is -1.98. The highest BCUT2D eigenvalue weighted by molar-refractivity contribution is 5.79. The number of carbonyl (C=O) groups excluding carboxylic acids is 2. The minimum absolute atomic E-state index is 0.0205. The summed E-state index contributed by atoms with van der Waals surface area (Å²) in [6, 6.07) is 0. The van der Waals surface area contributed by atoms with E-state index in [1.807, 2.05) is 37.5 Å². The van der Waals surface area contributed by atoms with Crippen LogP contribution < -0.4 is 0 Å². The zero-order chi connectivity index (χ0) is 19.6. The van der Waals surface area contributed by atoms with Crippen molar-refractivity contribution >= 4 is 11.8 Å². The summed E-state index contributed by atoms with van der Waals surface area (Å²) >= 11 is 0. The van der Waals surface area contributed by atoms with E-state index in [2.05, 4.69) is 0 Å². The van der Waals surface area contributed by atoms with Gasteiger partial charge in [0.25, 0.3) is 0 Å². The first-order valence-electron chi connectivity index (χ1n) is 10.3. The van der Waals surface area contributed by atoms with Crippen molar-refractivity contribution in [1.82, 2.24) is 19.8 Å². The van der Waals surface area contributed by atoms with Gasteiger partial charge in [-0.15, -0.1) is 0 Å². The summed E-state index contributed by atoms with van der Waals surface area (Å²) < 4.78 is 0. The van der Waals surface area contributed by atoms with Crippen LogP contribution in [0, 0.1) is 19.8 Å². The van der Waals surface area contributed by atoms with Gasteiger partial charge in [-0.1, -0.05) is 13.8 Å². The van der Waals surface area contributed by atoms with E-state index in [4.69, 9.17) is 9.97 Å². The van der Waals surface area contributed by atoms with Crippen LogP contribution in [0.3, 0.4) is 0 Å². The second-order valence-electron chi connectivity index (χ2n) is 8.27. The molecule has 148 valence electrons. The Bertz CT molecular complexity index is 687. The third-order valence-electron chi connectivity index (χ3n) is 5.82. The van der Waals surface area contributed by atoms with Gasteiger partial charge in [0.2, 0.25) is 11.8 Å². The normalized spacial score (nSPS) is 20.4. The fourth-order valence-corrected chi connectivity index (χ4v) is 4.19. The quantitative estimate of drug-likeness (QED) is 0.815. The minimum atomic E-state index is 0.0205. The number of rotatable bonds is 4. The molecule has 27 heavy (non-hydrogen) atoms. The summed E-state index contributed by atoms with van der Waals surface area (Å²) in [5.74, 6) is 1.42. The van der Waals surface area contributed by atoms with Gasteiger partial charge in [0.1, 0.15) is 5.82 Å². The lowest BCUT2D eigenvalue weighted by Gasteiger charge is -2.33. The Morgan fingerprint density at radius 1 is 1.00 bits per heavy atom. The van der Waals surface area contributed by atoms with Gasteiger partial charge in [-0.25, -0.2) is 9.97 Å². The minimum Gasteiger partial charge on any atom is -0.342 e. The molecule has 0 N–H and O–H groups in total. The van der Waals surface area contributed by atoms with Crippen molar-refractivity contribution < 1.29 is 9.59 Å². The monoisotopic (exact) mass is 372 g/mol. The first-order chi connectivity index (χ1) is 12.9. The number of hydrogen-bond acceptors (Lipinski definition) is 4. The number of aryl methyl sites for hydroxylation is 2. The summed E-state index contributed by atoms with van der Waals surface area (Å²) in [4.78, 5) is 38.3. The van der Waals surface area contributed by atoms with Crippen LogP contribution in [0.4, 0.5) is 0 Å². The molecule has 0 aliphatic carbocycles. The van der Waals surface area contributed by atoms with Crippen molar-refractivity contribution in [2.75, 3.05) is 26.2 Å². The molecule has 0 aromatic carbocycles. The average molecular weight is 373 g/mol. The van der Waals surface area contributed by atoms with Crippen molar-refractivity contribution in [3.63, 3.8) is 0 Å². The Balaban J connectivity index is 1.73. The van der Waals surface area contributed by atoms with Crippen molar-refractivity contribution in [2.24, 2.45) is 5.92 Å². The van der Waals surface area contributed by atoms with Crippen LogP contribution in [-0.4, -0.2) is 57.8 Å². The Morgan fingerprint density at radius 3 is 2.19 bits per heavy atom. The van der Waals surface area contributed by atoms with Gasteiger partial charge >= 0.3 is 0 Å². The van der Waals surface area contributed by atoms with Gasteiger partial charge in [0.15, 0.2) is 0 Å². The van der Waals surface area contributed by atoms with Crippen molar-refractivity contribution in [3.05, 3.63) is 22.8 Å². The number of piperidine rings is 1. The van der Waals surface area contributed by atoms with Crippen molar-refractivity contribution in [1.29, 1.82) is 0 Å². The first kappa shape index (κ1) is 19.8. The molecule has 2 amide bonds. The molecule has 2 saturated heterocycles. The highest BCUT2D eigenvalue weighted by atomic mass is 16.2. The zero-order valence-corrected chi connectivity index (χ0v) is 17.1. The van der Waals surface area contributed by atoms with Crippen LogP contribution >= 0.6 is 0 Å². The van der Waals surface area contributed by atoms with Gasteiger partial charge in [0, 0.05) is 55.0 Å². The van der Waals surface area contributed by atoms with Crippen LogP contribution in [0.1, 0.15) is 68.2 Å². The Kier molecular flexibility index (Phi) is 6.12. The fraction of sp³-hybridized carbons (Fsp3) is 0.714. The van der Waals surface area contributed by atoms with E-state index >= 15 is 0 Å². The third kappa shape index (κ3) is 4.47. The van der Waals surface area contributed by atoms with Gasteiger partial charge in [-0.2, -0.15) is 0 Å². The van der Waals surface area contributed by atoms with E-state index in [1.54, 1.807) is 0 Å². The maximum absolute atomic E-state index is 12.5. The summed E-state index contributed by atoms with van der Waals surface area (Å²) in [6.45, 7) is 11.1. The Morgan fingerprint density at radius 2 is 1.59 bits per heavy atom. The molecule has 6 nitrogen and oxygen atoms in total. The third-order valence-corrected chi connectivity index (χ3v) is 5.82. The molecule has 0 radical (unpaired) electrons. The largest absolute Gasteiger partial charge is 0.342 e. The maximum Gasteiger partial charge on any atom is 0.227 e. The van der Waals surface area contributed by atoms with E-state index in [0.717, 1.165) is 68.1 Å². The van der Waals surface area contributed by atoms with Crippen LogP contribution in [0.25, 0.3) is 0 Å². The highest BCUT2D eigenvalue weighted by Gasteiger charge is 2.28. The topological polar surface area (TPSA) is 66.4 Å². The van der Waals surface area contributed by atoms with Gasteiger partial charge in [-0.3, -0.25) is 9.59 Å². The number of hydrogen-bond donors (Lipinski definition) is 0. The second kappa shape index (κ2) is 8.36. The van der Waals surface area contributed by atoms with Gasteiger partial charge < -0.3 is 9.80 Å². The predicted octanol–water partition coefficient (Wildman–Crippen LogP) is 2.62. The molecule has 1 atom stereocenters. The predicted molar refractivity (Wildman–Crippen MR) is 104 cm³/mol. The van der Waals surface area contributed by atoms with Crippen molar-refractivity contribution in [3.8, 4) is 0 Å². The van der Waals surface area contributed by atoms with Gasteiger partial charge in [-0.05, 0) is 39.5 Å². The van der Waals surface area contributed by atoms with Crippen LogP contribution in [0.15, 0.2) is 0 Å². The second-order valence-corrected chi connectivity index (χ2v) is 8.27. The van der Waals surface area contributed by atoms with Crippen LogP contribution in [-0.2, 0) is 16.0 Å². The molecule has 0 saturated carbocycles. The van der Waals surface area contributed by atoms with Crippen LogP contribution in [0.2, 0.25) is 0 Å². The van der Waals surface area contributed by atoms with Crippen LogP contribution in [0.5, 0.6) is 0 Å². The zero-order valence-electron chi connectivity index (χ0n) is 17.1. The molecule has 2 aliphatic heterocycles. The number of carbonyl (C=O) groups is 2. The lowest BCUT2D eigenvalue weighted by atomic mass is 9.95. The smallest absolute Gasteiger partial charge is 0.227 e. The molecule has 3 rings (SSSR count). The molecule has 3 heterocycles. The van der Waals surface area contributed by atoms with E-state index in [-0.39, 0.29) is 23.7 Å². The molecule has 1 aromatic rings. The van der Waals surface area contributed by atoms with Crippen molar-refractivity contribution in [2.45, 2.75) is 65.7 Å². The number of likely N-dealkylation sites (tertiary alicyclic amines) is 2. The Labute approximate surface area is 162 Å². The molecule has 0 bridgehead atoms. The van der Waals surface area contributed by atoms with E-state index in [0.29, 0.717) is 13.0 Å². The standard InChI is InChI=1S/C21H32N4O2/c1-14(2)21(27)25-11-7-8-17(13-25)20-22-15(3)18(16(4)23-20)12-19(26)24-9-5-6-10-24/h14,17H,5-13H2,1-4H3/t17-/m0/s1. The highest BCUT2D eigenvalue weighted by Crippen LogP contribution is 2.27. The SMILES string of the molecule is Cc1nc([C@H]2CCCN(C(=O)C(C)C)C2)nc(C)c1CC(=O)N1CCCC1. The average Bonchev–Trinajstić information content (AvgIpc) is 3.18.